The molecule has 3 aliphatic carbocycles. The number of aryl methyl sites for hydroxylation is 2. The van der Waals surface area contributed by atoms with Crippen LogP contribution < -0.4 is 9.80 Å². The van der Waals surface area contributed by atoms with Gasteiger partial charge in [-0.1, -0.05) is 231 Å². The molecule has 4 heteroatoms. The van der Waals surface area contributed by atoms with Gasteiger partial charge in [-0.3, -0.25) is 0 Å². The lowest BCUT2D eigenvalue weighted by molar-refractivity contribution is 0.668. The van der Waals surface area contributed by atoms with Gasteiger partial charge in [-0.25, -0.2) is 0 Å². The van der Waals surface area contributed by atoms with E-state index in [4.69, 9.17) is 8.83 Å². The van der Waals surface area contributed by atoms with E-state index in [1.807, 2.05) is 0 Å². The number of rotatable bonds is 8. The minimum atomic E-state index is -0.909. The quantitative estimate of drug-likeness (QED) is 0.152. The van der Waals surface area contributed by atoms with Crippen LogP contribution in [0.1, 0.15) is 44.5 Å². The molecule has 440 valence electrons. The van der Waals surface area contributed by atoms with E-state index < -0.39 is 5.41 Å². The van der Waals surface area contributed by atoms with Crippen LogP contribution >= 0.6 is 0 Å². The van der Waals surface area contributed by atoms with Gasteiger partial charge in [0.1, 0.15) is 22.3 Å². The van der Waals surface area contributed by atoms with Crippen molar-refractivity contribution in [3.8, 4) is 55.6 Å². The standard InChI is InChI=1S/C90H58N2O2/c1-54-21-9-17-33-77(54)91(65-43-41-60-47-58(37-39-62(60)49-65)56-23-5-3-6-24-56)79-52-75-84(72-51-64-27-11-12-28-67(64)83(72)79)87-76(90(75)73-32-16-13-30-70(73)85-74(90)46-45-69-68-29-14-19-35-81(68)93-88(69)85)53-80(86-71-31-15-20-36-82(71)94-89(86)87)92(78-34-18-10-22-55(78)2)66-44-42-61-48-59(38-40-63(61)50-66)57-25-7-4-8-26-57/h3-50,52-53H,51H2,1-2H3. The highest BCUT2D eigenvalue weighted by molar-refractivity contribution is 6.22. The van der Waals surface area contributed by atoms with Crippen molar-refractivity contribution < 1.29 is 8.83 Å². The van der Waals surface area contributed by atoms with E-state index in [9.17, 15) is 0 Å². The third kappa shape index (κ3) is 7.45. The van der Waals surface area contributed by atoms with E-state index in [0.717, 1.165) is 112 Å². The summed E-state index contributed by atoms with van der Waals surface area (Å²) in [7, 11) is 0. The van der Waals surface area contributed by atoms with E-state index in [1.54, 1.807) is 0 Å². The van der Waals surface area contributed by atoms with Crippen LogP contribution in [0.4, 0.5) is 34.1 Å². The van der Waals surface area contributed by atoms with Crippen LogP contribution in [0.3, 0.4) is 0 Å². The van der Waals surface area contributed by atoms with Crippen LogP contribution in [0.15, 0.2) is 312 Å². The van der Waals surface area contributed by atoms with Crippen LogP contribution in [-0.2, 0) is 11.8 Å². The maximum atomic E-state index is 7.75. The second kappa shape index (κ2) is 20.0. The normalized spacial score (nSPS) is 14.1. The molecule has 1 spiro atoms. The van der Waals surface area contributed by atoms with E-state index in [-0.39, 0.29) is 0 Å². The van der Waals surface area contributed by atoms with Gasteiger partial charge in [0, 0.05) is 55.6 Å². The first-order valence-corrected chi connectivity index (χ1v) is 32.7. The highest BCUT2D eigenvalue weighted by Crippen LogP contribution is 2.69. The largest absolute Gasteiger partial charge is 0.455 e. The molecule has 0 saturated heterocycles. The Bertz CT molecular complexity index is 6070. The first kappa shape index (κ1) is 52.8. The fraction of sp³-hybridized carbons (Fsp3) is 0.0444. The molecular formula is C90H58N2O2. The van der Waals surface area contributed by atoms with Crippen LogP contribution in [0.5, 0.6) is 0 Å². The SMILES string of the molecule is Cc1ccccc1N(c1ccc2cc(-c3ccccc3)ccc2c1)c1cc2c(c3c1-c1ccccc1C3)-c1c(cc(N(c3ccc4cc(-c5ccccc5)ccc4c3)c3ccccc3C)c3c1oc1ccccc13)C21c2ccccc2-c2c1ccc1c2oc2ccccc21. The molecule has 0 amide bonds. The van der Waals surface area contributed by atoms with Gasteiger partial charge in [-0.2, -0.15) is 0 Å². The highest BCUT2D eigenvalue weighted by atomic mass is 16.3. The summed E-state index contributed by atoms with van der Waals surface area (Å²) in [5.41, 5.74) is 30.8. The van der Waals surface area contributed by atoms with Crippen molar-refractivity contribution in [1.82, 2.24) is 0 Å². The van der Waals surface area contributed by atoms with E-state index in [2.05, 4.69) is 327 Å². The van der Waals surface area contributed by atoms with Crippen LogP contribution in [0.25, 0.3) is 121 Å². The third-order valence-electron chi connectivity index (χ3n) is 20.9. The number of fused-ring (bicyclic) bond motifs is 24. The van der Waals surface area contributed by atoms with Crippen molar-refractivity contribution >= 4 is 99.5 Å². The van der Waals surface area contributed by atoms with Crippen molar-refractivity contribution in [2.24, 2.45) is 0 Å². The Hall–Kier alpha value is -12.0. The van der Waals surface area contributed by atoms with Gasteiger partial charge in [0.2, 0.25) is 0 Å². The Labute approximate surface area is 544 Å². The molecule has 2 aromatic heterocycles. The molecule has 15 aromatic carbocycles. The van der Waals surface area contributed by atoms with Gasteiger partial charge in [-0.15, -0.1) is 0 Å². The zero-order valence-electron chi connectivity index (χ0n) is 51.8. The molecule has 0 fully saturated rings. The van der Waals surface area contributed by atoms with Crippen molar-refractivity contribution in [3.05, 3.63) is 348 Å². The number of para-hydroxylation sites is 4. The van der Waals surface area contributed by atoms with Crippen molar-refractivity contribution in [1.29, 1.82) is 0 Å². The molecule has 20 rings (SSSR count). The Balaban J connectivity index is 0.931. The minimum absolute atomic E-state index is 0.734. The summed E-state index contributed by atoms with van der Waals surface area (Å²) in [6, 6.07) is 113. The van der Waals surface area contributed by atoms with Gasteiger partial charge in [0.05, 0.1) is 22.2 Å². The van der Waals surface area contributed by atoms with Crippen LogP contribution in [0.2, 0.25) is 0 Å². The van der Waals surface area contributed by atoms with Crippen LogP contribution in [0, 0.1) is 13.8 Å². The number of nitrogens with zero attached hydrogens (tertiary/aromatic N) is 2. The topological polar surface area (TPSA) is 32.8 Å². The minimum Gasteiger partial charge on any atom is -0.455 e. The molecule has 94 heavy (non-hydrogen) atoms. The van der Waals surface area contributed by atoms with Crippen LogP contribution in [-0.4, -0.2) is 0 Å². The summed E-state index contributed by atoms with van der Waals surface area (Å²) in [6.45, 7) is 4.50. The number of benzene rings is 15. The fourth-order valence-electron chi connectivity index (χ4n) is 16.7. The number of hydrogen-bond acceptors (Lipinski definition) is 4. The maximum Gasteiger partial charge on any atom is 0.145 e. The molecule has 4 nitrogen and oxygen atoms in total. The smallest absolute Gasteiger partial charge is 0.145 e. The fourth-order valence-corrected chi connectivity index (χ4v) is 16.7. The Morgan fingerprint density at radius 1 is 0.309 bits per heavy atom. The molecular weight excluding hydrogens is 1140 g/mol. The molecule has 0 bridgehead atoms. The summed E-state index contributed by atoms with van der Waals surface area (Å²) < 4.78 is 15.0. The number of furan rings is 2. The first-order chi connectivity index (χ1) is 46.4. The van der Waals surface area contributed by atoms with Crippen molar-refractivity contribution in [2.45, 2.75) is 25.7 Å². The Morgan fingerprint density at radius 3 is 1.49 bits per heavy atom. The molecule has 1 atom stereocenters. The molecule has 2 heterocycles. The lowest BCUT2D eigenvalue weighted by atomic mass is 9.70. The average molecular weight is 1200 g/mol. The second-order valence-corrected chi connectivity index (χ2v) is 25.9. The predicted octanol–water partition coefficient (Wildman–Crippen LogP) is 24.6. The Morgan fingerprint density at radius 2 is 0.819 bits per heavy atom. The van der Waals surface area contributed by atoms with Gasteiger partial charge in [0.15, 0.2) is 0 Å². The zero-order chi connectivity index (χ0) is 61.9. The number of hydrogen-bond donors (Lipinski definition) is 0. The molecule has 17 aromatic rings. The highest BCUT2D eigenvalue weighted by Gasteiger charge is 2.56. The van der Waals surface area contributed by atoms with Crippen molar-refractivity contribution in [2.75, 3.05) is 9.80 Å². The molecule has 1 unspecified atom stereocenters. The number of anilines is 6. The average Bonchev–Trinajstić information content (AvgIpc) is 1.48. The molecule has 0 aliphatic heterocycles. The molecule has 0 radical (unpaired) electrons. The predicted molar refractivity (Wildman–Crippen MR) is 390 cm³/mol. The third-order valence-corrected chi connectivity index (χ3v) is 20.9. The second-order valence-electron chi connectivity index (χ2n) is 25.9. The van der Waals surface area contributed by atoms with Crippen molar-refractivity contribution in [3.63, 3.8) is 0 Å². The molecule has 0 saturated carbocycles. The zero-order valence-corrected chi connectivity index (χ0v) is 51.8. The summed E-state index contributed by atoms with van der Waals surface area (Å²) in [5, 5.41) is 9.05. The maximum absolute atomic E-state index is 7.75. The van der Waals surface area contributed by atoms with Gasteiger partial charge >= 0.3 is 0 Å². The summed E-state index contributed by atoms with van der Waals surface area (Å²) >= 11 is 0. The van der Waals surface area contributed by atoms with Gasteiger partial charge in [-0.05, 0) is 198 Å². The summed E-state index contributed by atoms with van der Waals surface area (Å²) in [4.78, 5) is 5.10. The lowest BCUT2D eigenvalue weighted by Gasteiger charge is -2.35. The van der Waals surface area contributed by atoms with Gasteiger partial charge in [0.25, 0.3) is 0 Å². The lowest BCUT2D eigenvalue weighted by Crippen LogP contribution is -2.27. The first-order valence-electron chi connectivity index (χ1n) is 32.7. The van der Waals surface area contributed by atoms with E-state index in [1.165, 1.54) is 94.0 Å². The van der Waals surface area contributed by atoms with E-state index in [0.29, 0.717) is 0 Å². The summed E-state index contributed by atoms with van der Waals surface area (Å²) in [5.74, 6) is 0. The van der Waals surface area contributed by atoms with Gasteiger partial charge < -0.3 is 18.6 Å². The van der Waals surface area contributed by atoms with E-state index >= 15 is 0 Å². The summed E-state index contributed by atoms with van der Waals surface area (Å²) in [6.07, 6.45) is 0.734. The molecule has 3 aliphatic rings. The molecule has 0 N–H and O–H groups in total. The Kier molecular flexibility index (Phi) is 11.2. The monoisotopic (exact) mass is 1200 g/mol.